The average Bonchev–Trinajstić information content (AvgIpc) is 3.49. The van der Waals surface area contributed by atoms with Gasteiger partial charge in [-0.25, -0.2) is 4.68 Å². The van der Waals surface area contributed by atoms with Gasteiger partial charge in [0.05, 0.1) is 5.69 Å². The molecule has 1 aliphatic rings. The Kier molecular flexibility index (Phi) is 6.52. The Balaban J connectivity index is 1.45. The Bertz CT molecular complexity index is 1050. The van der Waals surface area contributed by atoms with Crippen LogP contribution in [0.25, 0.3) is 23.0 Å². The normalized spacial score (nSPS) is 13.6. The van der Waals surface area contributed by atoms with Crippen molar-refractivity contribution < 1.29 is 9.59 Å². The monoisotopic (exact) mass is 415 g/mol. The van der Waals surface area contributed by atoms with E-state index in [9.17, 15) is 9.59 Å². The van der Waals surface area contributed by atoms with Gasteiger partial charge in [-0.2, -0.15) is 5.10 Å². The van der Waals surface area contributed by atoms with Gasteiger partial charge >= 0.3 is 0 Å². The lowest BCUT2D eigenvalue weighted by molar-refractivity contribution is -0.130. The van der Waals surface area contributed by atoms with Crippen molar-refractivity contribution >= 4 is 17.9 Å². The van der Waals surface area contributed by atoms with E-state index in [-0.39, 0.29) is 11.8 Å². The highest BCUT2D eigenvalue weighted by Crippen LogP contribution is 2.24. The van der Waals surface area contributed by atoms with Crippen molar-refractivity contribution in [2.45, 2.75) is 19.3 Å². The molecule has 7 heteroatoms. The summed E-state index contributed by atoms with van der Waals surface area (Å²) < 4.78 is 1.79. The summed E-state index contributed by atoms with van der Waals surface area (Å²) in [6, 6.07) is 13.6. The molecular weight excluding hydrogens is 390 g/mol. The molecule has 1 N–H and O–H groups in total. The van der Waals surface area contributed by atoms with Crippen LogP contribution in [0.2, 0.25) is 0 Å². The molecule has 158 valence electrons. The number of pyridine rings is 1. The van der Waals surface area contributed by atoms with Gasteiger partial charge in [0.2, 0.25) is 11.8 Å². The summed E-state index contributed by atoms with van der Waals surface area (Å²) in [6.07, 6.45) is 11.0. The zero-order chi connectivity index (χ0) is 21.5. The molecule has 0 spiro atoms. The van der Waals surface area contributed by atoms with E-state index in [2.05, 4.69) is 10.3 Å². The van der Waals surface area contributed by atoms with E-state index in [4.69, 9.17) is 5.10 Å². The Morgan fingerprint density at radius 1 is 1.06 bits per heavy atom. The maximum absolute atomic E-state index is 12.3. The van der Waals surface area contributed by atoms with Crippen LogP contribution in [0, 0.1) is 0 Å². The number of aromatic nitrogens is 3. The first-order valence-corrected chi connectivity index (χ1v) is 10.5. The second-order valence-corrected chi connectivity index (χ2v) is 7.42. The summed E-state index contributed by atoms with van der Waals surface area (Å²) >= 11 is 0. The molecule has 2 amide bonds. The topological polar surface area (TPSA) is 80.1 Å². The van der Waals surface area contributed by atoms with Crippen molar-refractivity contribution in [2.24, 2.45) is 0 Å². The molecule has 1 aromatic carbocycles. The fraction of sp³-hybridized carbons (Fsp3) is 0.250. The third kappa shape index (κ3) is 5.25. The molecule has 3 heterocycles. The van der Waals surface area contributed by atoms with Crippen LogP contribution < -0.4 is 5.32 Å². The van der Waals surface area contributed by atoms with Gasteiger partial charge in [0, 0.05) is 61.8 Å². The van der Waals surface area contributed by atoms with Crippen LogP contribution in [0.5, 0.6) is 0 Å². The van der Waals surface area contributed by atoms with Crippen molar-refractivity contribution in [3.8, 4) is 16.9 Å². The quantitative estimate of drug-likeness (QED) is 0.602. The first kappa shape index (κ1) is 20.5. The number of benzene rings is 1. The van der Waals surface area contributed by atoms with E-state index in [0.717, 1.165) is 48.4 Å². The molecule has 0 saturated carbocycles. The number of carbonyl (C=O) groups is 2. The summed E-state index contributed by atoms with van der Waals surface area (Å²) in [5.74, 6) is -0.136. The molecule has 1 aliphatic heterocycles. The largest absolute Gasteiger partial charge is 0.352 e. The van der Waals surface area contributed by atoms with Gasteiger partial charge in [0.15, 0.2) is 0 Å². The average molecular weight is 415 g/mol. The molecule has 1 fully saturated rings. The second-order valence-electron chi connectivity index (χ2n) is 7.42. The van der Waals surface area contributed by atoms with Crippen LogP contribution in [0.3, 0.4) is 0 Å². The van der Waals surface area contributed by atoms with Gasteiger partial charge in [0.25, 0.3) is 0 Å². The number of carbonyl (C=O) groups excluding carboxylic acids is 2. The maximum Gasteiger partial charge on any atom is 0.244 e. The molecule has 1 saturated heterocycles. The third-order valence-electron chi connectivity index (χ3n) is 5.21. The number of amides is 2. The third-order valence-corrected chi connectivity index (χ3v) is 5.21. The molecule has 0 unspecified atom stereocenters. The molecule has 3 aromatic rings. The van der Waals surface area contributed by atoms with E-state index in [1.54, 1.807) is 23.2 Å². The Morgan fingerprint density at radius 3 is 2.61 bits per heavy atom. The molecule has 31 heavy (non-hydrogen) atoms. The van der Waals surface area contributed by atoms with Crippen molar-refractivity contribution in [3.63, 3.8) is 0 Å². The fourth-order valence-corrected chi connectivity index (χ4v) is 3.59. The van der Waals surface area contributed by atoms with Crippen molar-refractivity contribution in [1.29, 1.82) is 0 Å². The molecule has 0 bridgehead atoms. The van der Waals surface area contributed by atoms with E-state index in [1.165, 1.54) is 6.08 Å². The van der Waals surface area contributed by atoms with Gasteiger partial charge < -0.3 is 10.2 Å². The van der Waals surface area contributed by atoms with E-state index in [1.807, 2.05) is 53.6 Å². The van der Waals surface area contributed by atoms with E-state index >= 15 is 0 Å². The Morgan fingerprint density at radius 2 is 1.87 bits per heavy atom. The lowest BCUT2D eigenvalue weighted by atomic mass is 10.1. The van der Waals surface area contributed by atoms with Gasteiger partial charge in [0.1, 0.15) is 5.69 Å². The second kappa shape index (κ2) is 9.84. The van der Waals surface area contributed by atoms with Gasteiger partial charge in [-0.1, -0.05) is 18.2 Å². The fourth-order valence-electron chi connectivity index (χ4n) is 3.59. The summed E-state index contributed by atoms with van der Waals surface area (Å²) in [5.41, 5.74) is 3.34. The van der Waals surface area contributed by atoms with Crippen LogP contribution in [-0.4, -0.2) is 51.1 Å². The van der Waals surface area contributed by atoms with Crippen molar-refractivity contribution in [2.75, 3.05) is 19.6 Å². The predicted molar refractivity (Wildman–Crippen MR) is 119 cm³/mol. The Labute approximate surface area is 181 Å². The highest BCUT2D eigenvalue weighted by molar-refractivity contribution is 5.93. The molecule has 2 aromatic heterocycles. The summed E-state index contributed by atoms with van der Waals surface area (Å²) in [7, 11) is 0. The molecule has 0 atom stereocenters. The number of hydrogen-bond acceptors (Lipinski definition) is 4. The van der Waals surface area contributed by atoms with Crippen LogP contribution in [0.15, 0.2) is 67.1 Å². The zero-order valence-electron chi connectivity index (χ0n) is 17.3. The number of rotatable bonds is 7. The summed E-state index contributed by atoms with van der Waals surface area (Å²) in [6.45, 7) is 1.99. The first-order chi connectivity index (χ1) is 15.2. The van der Waals surface area contributed by atoms with Gasteiger partial charge in [-0.3, -0.25) is 14.6 Å². The molecule has 4 rings (SSSR count). The smallest absolute Gasteiger partial charge is 0.244 e. The molecule has 7 nitrogen and oxygen atoms in total. The van der Waals surface area contributed by atoms with Crippen molar-refractivity contribution in [3.05, 3.63) is 72.7 Å². The van der Waals surface area contributed by atoms with Crippen molar-refractivity contribution in [1.82, 2.24) is 25.0 Å². The highest BCUT2D eigenvalue weighted by Gasteiger charge is 2.17. The maximum atomic E-state index is 12.3. The van der Waals surface area contributed by atoms with E-state index in [0.29, 0.717) is 13.0 Å². The number of nitrogens with zero attached hydrogens (tertiary/aromatic N) is 4. The lowest BCUT2D eigenvalue weighted by Gasteiger charge is -2.14. The minimum atomic E-state index is -0.237. The number of likely N-dealkylation sites (tertiary alicyclic amines) is 1. The standard InChI is InChI=1S/C24H25N5O2/c30-22(26-14-12-23(31)28-15-4-5-16-28)11-10-20-18-29(21-8-2-1-3-9-21)27-24(20)19-7-6-13-25-17-19/h1-3,6-11,13,17-18H,4-5,12,14-16H2,(H,26,30)/b11-10+. The van der Waals surface area contributed by atoms with E-state index < -0.39 is 0 Å². The minimum absolute atomic E-state index is 0.102. The lowest BCUT2D eigenvalue weighted by Crippen LogP contribution is -2.32. The molecule has 0 radical (unpaired) electrons. The first-order valence-electron chi connectivity index (χ1n) is 10.5. The number of nitrogens with one attached hydrogen (secondary N) is 1. The molecule has 0 aliphatic carbocycles. The van der Waals surface area contributed by atoms with Crippen LogP contribution in [-0.2, 0) is 9.59 Å². The predicted octanol–water partition coefficient (Wildman–Crippen LogP) is 3.08. The number of hydrogen-bond donors (Lipinski definition) is 1. The van der Waals surface area contributed by atoms with Crippen LogP contribution >= 0.6 is 0 Å². The Hall–Kier alpha value is -3.74. The highest BCUT2D eigenvalue weighted by atomic mass is 16.2. The minimum Gasteiger partial charge on any atom is -0.352 e. The van der Waals surface area contributed by atoms with Gasteiger partial charge in [-0.15, -0.1) is 0 Å². The summed E-state index contributed by atoms with van der Waals surface area (Å²) in [4.78, 5) is 30.4. The molecular formula is C24H25N5O2. The summed E-state index contributed by atoms with van der Waals surface area (Å²) in [5, 5.41) is 7.49. The zero-order valence-corrected chi connectivity index (χ0v) is 17.3. The van der Waals surface area contributed by atoms with Gasteiger partial charge in [-0.05, 0) is 43.2 Å². The number of para-hydroxylation sites is 1. The van der Waals surface area contributed by atoms with Crippen LogP contribution in [0.4, 0.5) is 0 Å². The SMILES string of the molecule is O=C(/C=C/c1cn(-c2ccccc2)nc1-c1cccnc1)NCCC(=O)N1CCCC1. The van der Waals surface area contributed by atoms with Crippen LogP contribution in [0.1, 0.15) is 24.8 Å².